The fourth-order valence-electron chi connectivity index (χ4n) is 2.90. The summed E-state index contributed by atoms with van der Waals surface area (Å²) in [6.07, 6.45) is 2.53. The summed E-state index contributed by atoms with van der Waals surface area (Å²) in [6, 6.07) is 0.526. The maximum atomic E-state index is 6.22. The molecule has 1 aliphatic carbocycles. The minimum atomic E-state index is 0.367. The van der Waals surface area contributed by atoms with Crippen LogP contribution in [0.5, 0.6) is 0 Å². The number of nitrogens with one attached hydrogen (secondary N) is 1. The van der Waals surface area contributed by atoms with Crippen LogP contribution in [0.4, 0.5) is 11.5 Å². The monoisotopic (exact) mass is 250 g/mol. The second-order valence-electron chi connectivity index (χ2n) is 6.09. The van der Waals surface area contributed by atoms with Gasteiger partial charge < -0.3 is 11.1 Å². The average molecular weight is 250 g/mol. The molecule has 3 N–H and O–H groups in total. The molecular formula is C14H26N4. The Balaban J connectivity index is 2.19. The Bertz CT molecular complexity index is 422. The lowest BCUT2D eigenvalue weighted by Crippen LogP contribution is -2.25. The first kappa shape index (κ1) is 13.2. The van der Waals surface area contributed by atoms with Gasteiger partial charge in [0.2, 0.25) is 0 Å². The Morgan fingerprint density at radius 1 is 1.33 bits per heavy atom. The highest BCUT2D eigenvalue weighted by molar-refractivity contribution is 5.66. The quantitative estimate of drug-likeness (QED) is 0.867. The van der Waals surface area contributed by atoms with E-state index in [0.29, 0.717) is 17.9 Å². The topological polar surface area (TPSA) is 55.9 Å². The summed E-state index contributed by atoms with van der Waals surface area (Å²) in [5.74, 6) is 2.85. The van der Waals surface area contributed by atoms with E-state index < -0.39 is 0 Å². The van der Waals surface area contributed by atoms with E-state index in [0.717, 1.165) is 23.1 Å². The fraction of sp³-hybridized carbons (Fsp3) is 0.786. The van der Waals surface area contributed by atoms with E-state index in [-0.39, 0.29) is 0 Å². The van der Waals surface area contributed by atoms with Gasteiger partial charge in [-0.1, -0.05) is 27.7 Å². The molecule has 1 aliphatic rings. The zero-order chi connectivity index (χ0) is 13.4. The van der Waals surface area contributed by atoms with E-state index in [1.54, 1.807) is 0 Å². The highest BCUT2D eigenvalue weighted by Gasteiger charge is 2.31. The number of nitrogens with two attached hydrogens (primary N) is 1. The first-order valence-electron chi connectivity index (χ1n) is 7.00. The molecule has 4 heteroatoms. The van der Waals surface area contributed by atoms with Crippen LogP contribution in [0, 0.1) is 11.8 Å². The van der Waals surface area contributed by atoms with Crippen LogP contribution in [0.2, 0.25) is 0 Å². The number of nitrogens with zero attached hydrogens (tertiary/aromatic N) is 2. The van der Waals surface area contributed by atoms with Crippen LogP contribution in [-0.4, -0.2) is 15.8 Å². The van der Waals surface area contributed by atoms with Gasteiger partial charge in [0, 0.05) is 13.1 Å². The third-order valence-electron chi connectivity index (χ3n) is 4.45. The van der Waals surface area contributed by atoms with Crippen LogP contribution in [0.15, 0.2) is 0 Å². The van der Waals surface area contributed by atoms with Crippen molar-refractivity contribution < 1.29 is 0 Å². The maximum absolute atomic E-state index is 6.22. The van der Waals surface area contributed by atoms with Gasteiger partial charge in [0.1, 0.15) is 5.82 Å². The van der Waals surface area contributed by atoms with Gasteiger partial charge in [-0.2, -0.15) is 5.10 Å². The van der Waals surface area contributed by atoms with E-state index in [1.165, 1.54) is 12.8 Å². The molecule has 0 aromatic carbocycles. The predicted octanol–water partition coefficient (Wildman–Crippen LogP) is 2.97. The minimum Gasteiger partial charge on any atom is -0.394 e. The van der Waals surface area contributed by atoms with E-state index in [4.69, 9.17) is 5.73 Å². The van der Waals surface area contributed by atoms with Crippen LogP contribution in [-0.2, 0) is 7.05 Å². The summed E-state index contributed by atoms with van der Waals surface area (Å²) < 4.78 is 1.89. The van der Waals surface area contributed by atoms with Crippen molar-refractivity contribution in [2.75, 3.05) is 11.1 Å². The molecule has 0 aliphatic heterocycles. The summed E-state index contributed by atoms with van der Waals surface area (Å²) in [5.41, 5.74) is 8.04. The van der Waals surface area contributed by atoms with Gasteiger partial charge in [0.15, 0.2) is 0 Å². The number of anilines is 2. The first-order valence-corrected chi connectivity index (χ1v) is 7.00. The summed E-state index contributed by atoms with van der Waals surface area (Å²) in [6.45, 7) is 8.91. The molecule has 18 heavy (non-hydrogen) atoms. The largest absolute Gasteiger partial charge is 0.394 e. The van der Waals surface area contributed by atoms with Gasteiger partial charge in [0.05, 0.1) is 11.4 Å². The Labute approximate surface area is 110 Å². The van der Waals surface area contributed by atoms with Crippen molar-refractivity contribution in [2.24, 2.45) is 18.9 Å². The molecule has 0 radical (unpaired) electrons. The molecule has 1 heterocycles. The summed E-state index contributed by atoms with van der Waals surface area (Å²) in [4.78, 5) is 0. The molecule has 1 aromatic rings. The molecule has 3 atom stereocenters. The van der Waals surface area contributed by atoms with Crippen LogP contribution in [0.25, 0.3) is 0 Å². The first-order chi connectivity index (χ1) is 8.41. The van der Waals surface area contributed by atoms with Crippen LogP contribution >= 0.6 is 0 Å². The Hall–Kier alpha value is -1.19. The van der Waals surface area contributed by atoms with Crippen molar-refractivity contribution in [1.29, 1.82) is 0 Å². The lowest BCUT2D eigenvalue weighted by molar-refractivity contribution is 0.434. The van der Waals surface area contributed by atoms with Gasteiger partial charge in [-0.15, -0.1) is 0 Å². The highest BCUT2D eigenvalue weighted by atomic mass is 15.3. The number of hydrogen-bond donors (Lipinski definition) is 2. The number of rotatable bonds is 3. The van der Waals surface area contributed by atoms with Crippen molar-refractivity contribution >= 4 is 11.5 Å². The van der Waals surface area contributed by atoms with Gasteiger partial charge in [0.25, 0.3) is 0 Å². The number of aryl methyl sites for hydroxylation is 1. The van der Waals surface area contributed by atoms with E-state index in [2.05, 4.69) is 38.1 Å². The zero-order valence-corrected chi connectivity index (χ0v) is 12.2. The standard InChI is InChI=1S/C14H26N4/c1-8(2)13-12(15)14(18(5)17-13)16-11-7-6-9(3)10(11)4/h8-11,16H,6-7,15H2,1-5H3. The molecule has 1 aromatic heterocycles. The highest BCUT2D eigenvalue weighted by Crippen LogP contribution is 2.35. The van der Waals surface area contributed by atoms with Gasteiger partial charge in [-0.25, -0.2) is 0 Å². The second kappa shape index (κ2) is 4.82. The molecule has 1 saturated carbocycles. The molecule has 4 nitrogen and oxygen atoms in total. The van der Waals surface area contributed by atoms with Crippen molar-refractivity contribution in [3.8, 4) is 0 Å². The Morgan fingerprint density at radius 3 is 2.44 bits per heavy atom. The summed E-state index contributed by atoms with van der Waals surface area (Å²) >= 11 is 0. The lowest BCUT2D eigenvalue weighted by atomic mass is 9.98. The Morgan fingerprint density at radius 2 is 2.00 bits per heavy atom. The van der Waals surface area contributed by atoms with Crippen molar-refractivity contribution in [3.63, 3.8) is 0 Å². The second-order valence-corrected chi connectivity index (χ2v) is 6.09. The molecule has 3 unspecified atom stereocenters. The SMILES string of the molecule is CC(C)c1nn(C)c(NC2CCC(C)C2C)c1N. The predicted molar refractivity (Wildman–Crippen MR) is 76.7 cm³/mol. The average Bonchev–Trinajstić information content (AvgIpc) is 2.76. The Kier molecular flexibility index (Phi) is 3.55. The van der Waals surface area contributed by atoms with Gasteiger partial charge >= 0.3 is 0 Å². The number of nitrogen functional groups attached to an aromatic ring is 1. The summed E-state index contributed by atoms with van der Waals surface area (Å²) in [7, 11) is 1.97. The van der Waals surface area contributed by atoms with Crippen molar-refractivity contribution in [1.82, 2.24) is 9.78 Å². The normalized spacial score (nSPS) is 28.0. The van der Waals surface area contributed by atoms with E-state index in [1.807, 2.05) is 11.7 Å². The van der Waals surface area contributed by atoms with Gasteiger partial charge in [-0.3, -0.25) is 4.68 Å². The lowest BCUT2D eigenvalue weighted by Gasteiger charge is -2.21. The van der Waals surface area contributed by atoms with E-state index in [9.17, 15) is 0 Å². The molecule has 0 amide bonds. The fourth-order valence-corrected chi connectivity index (χ4v) is 2.90. The van der Waals surface area contributed by atoms with E-state index >= 15 is 0 Å². The molecule has 1 fully saturated rings. The molecular weight excluding hydrogens is 224 g/mol. The van der Waals surface area contributed by atoms with Gasteiger partial charge in [-0.05, 0) is 30.6 Å². The van der Waals surface area contributed by atoms with Crippen molar-refractivity contribution in [2.45, 2.75) is 52.5 Å². The maximum Gasteiger partial charge on any atom is 0.148 e. The summed E-state index contributed by atoms with van der Waals surface area (Å²) in [5, 5.41) is 8.13. The molecule has 0 saturated heterocycles. The number of hydrogen-bond acceptors (Lipinski definition) is 3. The third kappa shape index (κ3) is 2.20. The molecule has 0 bridgehead atoms. The van der Waals surface area contributed by atoms with Crippen LogP contribution in [0.3, 0.4) is 0 Å². The third-order valence-corrected chi connectivity index (χ3v) is 4.45. The van der Waals surface area contributed by atoms with Crippen LogP contribution < -0.4 is 11.1 Å². The number of aromatic nitrogens is 2. The smallest absolute Gasteiger partial charge is 0.148 e. The minimum absolute atomic E-state index is 0.367. The molecule has 102 valence electrons. The molecule has 0 spiro atoms. The zero-order valence-electron chi connectivity index (χ0n) is 12.2. The molecule has 2 rings (SSSR count). The van der Waals surface area contributed by atoms with Crippen LogP contribution in [0.1, 0.15) is 52.1 Å². The van der Waals surface area contributed by atoms with Crippen molar-refractivity contribution in [3.05, 3.63) is 5.69 Å².